The minimum absolute atomic E-state index is 0.0831. The molecule has 2 aromatic heterocycles. The van der Waals surface area contributed by atoms with Crippen molar-refractivity contribution in [2.75, 3.05) is 28.6 Å². The fourth-order valence-corrected chi connectivity index (χ4v) is 4.18. The van der Waals surface area contributed by atoms with Crippen LogP contribution in [0, 0.1) is 0 Å². The van der Waals surface area contributed by atoms with E-state index < -0.39 is 0 Å². The summed E-state index contributed by atoms with van der Waals surface area (Å²) in [5.41, 5.74) is 1.91. The van der Waals surface area contributed by atoms with Crippen LogP contribution >= 0.6 is 22.7 Å². The molecule has 148 valence electrons. The second-order valence-corrected chi connectivity index (χ2v) is 8.04. The quantitative estimate of drug-likeness (QED) is 0.562. The molecule has 3 heterocycles. The number of carbonyl (C=O) groups excluding carboxylic acids is 3. The van der Waals surface area contributed by atoms with Gasteiger partial charge in [0.25, 0.3) is 5.91 Å². The molecule has 0 saturated carbocycles. The molecule has 3 N–H and O–H groups in total. The van der Waals surface area contributed by atoms with E-state index in [-0.39, 0.29) is 24.3 Å². The maximum absolute atomic E-state index is 12.4. The predicted molar refractivity (Wildman–Crippen MR) is 114 cm³/mol. The lowest BCUT2D eigenvalue weighted by molar-refractivity contribution is -0.115. The van der Waals surface area contributed by atoms with Crippen LogP contribution in [0.3, 0.4) is 0 Å². The summed E-state index contributed by atoms with van der Waals surface area (Å²) in [5, 5.41) is 12.3. The molecule has 1 aliphatic rings. The van der Waals surface area contributed by atoms with Crippen molar-refractivity contribution in [3.8, 4) is 0 Å². The Labute approximate surface area is 174 Å². The van der Waals surface area contributed by atoms with Crippen molar-refractivity contribution in [2.45, 2.75) is 6.42 Å². The maximum atomic E-state index is 12.4. The zero-order valence-electron chi connectivity index (χ0n) is 15.2. The average molecular weight is 428 g/mol. The van der Waals surface area contributed by atoms with Crippen molar-refractivity contribution in [3.05, 3.63) is 57.7 Å². The summed E-state index contributed by atoms with van der Waals surface area (Å²) in [4.78, 5) is 42.8. The van der Waals surface area contributed by atoms with Gasteiger partial charge in [0.1, 0.15) is 0 Å². The number of aromatic nitrogens is 1. The SMILES string of the molecule is O=C(Cc1csc(NC(=O)c2cccs2)n1)Nc1cccc(N2CCNC2=O)c1. The summed E-state index contributed by atoms with van der Waals surface area (Å²) >= 11 is 2.62. The maximum Gasteiger partial charge on any atom is 0.321 e. The van der Waals surface area contributed by atoms with Crippen LogP contribution in [0.2, 0.25) is 0 Å². The Morgan fingerprint density at radius 3 is 2.83 bits per heavy atom. The number of amides is 4. The summed E-state index contributed by atoms with van der Waals surface area (Å²) < 4.78 is 0. The number of thiophene rings is 1. The lowest BCUT2D eigenvalue weighted by atomic mass is 10.2. The van der Waals surface area contributed by atoms with Crippen molar-refractivity contribution in [1.82, 2.24) is 10.3 Å². The van der Waals surface area contributed by atoms with Gasteiger partial charge < -0.3 is 10.6 Å². The molecule has 4 rings (SSSR count). The van der Waals surface area contributed by atoms with Crippen LogP contribution in [0.1, 0.15) is 15.4 Å². The first kappa shape index (κ1) is 19.1. The van der Waals surface area contributed by atoms with Crippen LogP contribution in [0.25, 0.3) is 0 Å². The molecule has 1 fully saturated rings. The molecule has 0 bridgehead atoms. The molecule has 0 atom stereocenters. The minimum Gasteiger partial charge on any atom is -0.336 e. The molecule has 0 aliphatic carbocycles. The van der Waals surface area contributed by atoms with E-state index in [1.165, 1.54) is 22.7 Å². The van der Waals surface area contributed by atoms with Crippen molar-refractivity contribution in [3.63, 3.8) is 0 Å². The van der Waals surface area contributed by atoms with Gasteiger partial charge in [-0.3, -0.25) is 19.8 Å². The number of benzene rings is 1. The fraction of sp³-hybridized carbons (Fsp3) is 0.158. The van der Waals surface area contributed by atoms with E-state index in [0.717, 1.165) is 5.69 Å². The summed E-state index contributed by atoms with van der Waals surface area (Å²) in [6.45, 7) is 1.19. The molecule has 0 radical (unpaired) electrons. The van der Waals surface area contributed by atoms with E-state index in [4.69, 9.17) is 0 Å². The number of urea groups is 1. The van der Waals surface area contributed by atoms with Gasteiger partial charge in [-0.25, -0.2) is 9.78 Å². The molecule has 0 unspecified atom stereocenters. The van der Waals surface area contributed by atoms with E-state index in [9.17, 15) is 14.4 Å². The Morgan fingerprint density at radius 2 is 2.07 bits per heavy atom. The molecule has 8 nitrogen and oxygen atoms in total. The standard InChI is InChI=1S/C19H17N5O3S2/c25-16(21-12-3-1-4-14(9-12)24-7-6-20-19(24)27)10-13-11-29-18(22-13)23-17(26)15-5-2-8-28-15/h1-5,8-9,11H,6-7,10H2,(H,20,27)(H,21,25)(H,22,23,26). The van der Waals surface area contributed by atoms with Gasteiger partial charge in [-0.05, 0) is 29.6 Å². The number of thiazole rings is 1. The number of rotatable bonds is 6. The van der Waals surface area contributed by atoms with Crippen LogP contribution in [0.4, 0.5) is 21.3 Å². The Bertz CT molecular complexity index is 1050. The van der Waals surface area contributed by atoms with Gasteiger partial charge in [0, 0.05) is 29.8 Å². The molecule has 3 aromatic rings. The molecular formula is C19H17N5O3S2. The first-order valence-electron chi connectivity index (χ1n) is 8.83. The van der Waals surface area contributed by atoms with Gasteiger partial charge in [0.2, 0.25) is 5.91 Å². The summed E-state index contributed by atoms with van der Waals surface area (Å²) in [6.07, 6.45) is 0.0831. The van der Waals surface area contributed by atoms with Crippen LogP contribution in [0.5, 0.6) is 0 Å². The molecule has 10 heteroatoms. The van der Waals surface area contributed by atoms with E-state index in [1.54, 1.807) is 34.5 Å². The predicted octanol–water partition coefficient (Wildman–Crippen LogP) is 3.17. The Hall–Kier alpha value is -3.24. The number of nitrogens with zero attached hydrogens (tertiary/aromatic N) is 2. The molecule has 1 aromatic carbocycles. The number of anilines is 3. The molecule has 29 heavy (non-hydrogen) atoms. The van der Waals surface area contributed by atoms with Gasteiger partial charge in [0.05, 0.1) is 17.0 Å². The second-order valence-electron chi connectivity index (χ2n) is 6.23. The van der Waals surface area contributed by atoms with Gasteiger partial charge >= 0.3 is 6.03 Å². The lowest BCUT2D eigenvalue weighted by Crippen LogP contribution is -2.27. The van der Waals surface area contributed by atoms with Crippen LogP contribution in [0.15, 0.2) is 47.2 Å². The van der Waals surface area contributed by atoms with Gasteiger partial charge in [0.15, 0.2) is 5.13 Å². The van der Waals surface area contributed by atoms with E-state index in [0.29, 0.717) is 34.5 Å². The first-order valence-corrected chi connectivity index (χ1v) is 10.6. The molecule has 1 saturated heterocycles. The van der Waals surface area contributed by atoms with Crippen molar-refractivity contribution >= 4 is 57.0 Å². The second kappa shape index (κ2) is 8.41. The highest BCUT2D eigenvalue weighted by Crippen LogP contribution is 2.22. The molecule has 4 amide bonds. The zero-order valence-corrected chi connectivity index (χ0v) is 16.8. The van der Waals surface area contributed by atoms with Crippen LogP contribution in [-0.2, 0) is 11.2 Å². The van der Waals surface area contributed by atoms with Gasteiger partial charge in [-0.15, -0.1) is 22.7 Å². The number of carbonyl (C=O) groups is 3. The van der Waals surface area contributed by atoms with Gasteiger partial charge in [-0.1, -0.05) is 12.1 Å². The van der Waals surface area contributed by atoms with Crippen molar-refractivity contribution < 1.29 is 14.4 Å². The smallest absolute Gasteiger partial charge is 0.321 e. The molecular weight excluding hydrogens is 410 g/mol. The topological polar surface area (TPSA) is 103 Å². The summed E-state index contributed by atoms with van der Waals surface area (Å²) in [6, 6.07) is 10.5. The highest BCUT2D eigenvalue weighted by atomic mass is 32.1. The summed E-state index contributed by atoms with van der Waals surface area (Å²) in [7, 11) is 0. The number of hydrogen-bond donors (Lipinski definition) is 3. The Morgan fingerprint density at radius 1 is 1.17 bits per heavy atom. The molecule has 1 aliphatic heterocycles. The first-order chi connectivity index (χ1) is 14.1. The van der Waals surface area contributed by atoms with Crippen LogP contribution < -0.4 is 20.9 Å². The highest BCUT2D eigenvalue weighted by molar-refractivity contribution is 7.14. The Balaban J connectivity index is 1.35. The van der Waals surface area contributed by atoms with Crippen molar-refractivity contribution in [1.29, 1.82) is 0 Å². The lowest BCUT2D eigenvalue weighted by Gasteiger charge is -2.15. The van der Waals surface area contributed by atoms with Crippen molar-refractivity contribution in [2.24, 2.45) is 0 Å². The third-order valence-electron chi connectivity index (χ3n) is 4.16. The Kier molecular flexibility index (Phi) is 5.54. The van der Waals surface area contributed by atoms with Crippen LogP contribution in [-0.4, -0.2) is 35.9 Å². The number of nitrogens with one attached hydrogen (secondary N) is 3. The average Bonchev–Trinajstić information content (AvgIpc) is 3.44. The summed E-state index contributed by atoms with van der Waals surface area (Å²) in [5.74, 6) is -0.442. The van der Waals surface area contributed by atoms with E-state index in [2.05, 4.69) is 20.9 Å². The normalized spacial score (nSPS) is 13.2. The largest absolute Gasteiger partial charge is 0.336 e. The third-order valence-corrected chi connectivity index (χ3v) is 5.83. The third kappa shape index (κ3) is 4.61. The molecule has 0 spiro atoms. The van der Waals surface area contributed by atoms with E-state index in [1.807, 2.05) is 17.5 Å². The minimum atomic E-state index is -0.227. The highest BCUT2D eigenvalue weighted by Gasteiger charge is 2.21. The van der Waals surface area contributed by atoms with E-state index >= 15 is 0 Å². The van der Waals surface area contributed by atoms with Gasteiger partial charge in [-0.2, -0.15) is 0 Å². The monoisotopic (exact) mass is 427 g/mol. The zero-order chi connectivity index (χ0) is 20.2. The fourth-order valence-electron chi connectivity index (χ4n) is 2.85. The number of hydrogen-bond acceptors (Lipinski definition) is 6.